The third-order valence-corrected chi connectivity index (χ3v) is 20.9. The first-order chi connectivity index (χ1) is 47.2. The summed E-state index contributed by atoms with van der Waals surface area (Å²) in [6.45, 7) is 14.2. The third-order valence-electron chi connectivity index (χ3n) is 19.0. The van der Waals surface area contributed by atoms with E-state index in [1.54, 1.807) is 0 Å². The molecule has 7 atom stereocenters. The second-order valence-electron chi connectivity index (χ2n) is 29.9. The van der Waals surface area contributed by atoms with Gasteiger partial charge in [-0.05, 0) is 49.4 Å². The highest BCUT2D eigenvalue weighted by Gasteiger charge is 2.30. The van der Waals surface area contributed by atoms with Crippen LogP contribution in [0.3, 0.4) is 0 Å². The maximum atomic E-state index is 13.1. The van der Waals surface area contributed by atoms with Crippen molar-refractivity contribution in [3.63, 3.8) is 0 Å². The predicted molar refractivity (Wildman–Crippen MR) is 400 cm³/mol. The topological polar surface area (TPSA) is 237 Å². The van der Waals surface area contributed by atoms with Crippen molar-refractivity contribution in [2.45, 2.75) is 420 Å². The van der Waals surface area contributed by atoms with Crippen molar-refractivity contribution in [2.75, 3.05) is 39.6 Å². The number of unbranched alkanes of at least 4 members (excludes halogenated alkanes) is 40. The fraction of sp³-hybridized carbons (Fsp3) is 0.949. The number of aliphatic hydroxyl groups is 1. The van der Waals surface area contributed by atoms with Crippen molar-refractivity contribution in [3.8, 4) is 0 Å². The van der Waals surface area contributed by atoms with Crippen molar-refractivity contribution < 1.29 is 80.2 Å². The highest BCUT2D eigenvalue weighted by molar-refractivity contribution is 7.47. The van der Waals surface area contributed by atoms with Crippen molar-refractivity contribution >= 4 is 39.5 Å². The predicted octanol–water partition coefficient (Wildman–Crippen LogP) is 23.2. The van der Waals surface area contributed by atoms with Gasteiger partial charge in [0.05, 0.1) is 26.4 Å². The van der Waals surface area contributed by atoms with E-state index in [1.165, 1.54) is 199 Å². The van der Waals surface area contributed by atoms with Gasteiger partial charge in [0, 0.05) is 25.7 Å². The molecule has 98 heavy (non-hydrogen) atoms. The molecule has 17 nitrogen and oxygen atoms in total. The summed E-state index contributed by atoms with van der Waals surface area (Å²) < 4.78 is 68.6. The number of carbonyl (C=O) groups excluding carboxylic acids is 4. The molecule has 3 N–H and O–H groups in total. The van der Waals surface area contributed by atoms with Crippen LogP contribution in [0.1, 0.15) is 402 Å². The molecule has 0 aliphatic rings. The molecule has 0 aliphatic heterocycles. The average Bonchev–Trinajstić information content (AvgIpc) is 0.963. The van der Waals surface area contributed by atoms with Crippen molar-refractivity contribution in [2.24, 2.45) is 23.7 Å². The molecule has 0 saturated carbocycles. The van der Waals surface area contributed by atoms with Crippen LogP contribution in [0.4, 0.5) is 0 Å². The van der Waals surface area contributed by atoms with Crippen LogP contribution in [-0.4, -0.2) is 96.7 Å². The Balaban J connectivity index is 5.21. The van der Waals surface area contributed by atoms with E-state index in [2.05, 4.69) is 55.4 Å². The highest BCUT2D eigenvalue weighted by Crippen LogP contribution is 2.45. The molecule has 0 aliphatic carbocycles. The lowest BCUT2D eigenvalue weighted by molar-refractivity contribution is -0.161. The Morgan fingerprint density at radius 2 is 0.490 bits per heavy atom. The highest BCUT2D eigenvalue weighted by atomic mass is 31.2. The summed E-state index contributed by atoms with van der Waals surface area (Å²) in [5, 5.41) is 10.6. The maximum Gasteiger partial charge on any atom is 0.472 e. The summed E-state index contributed by atoms with van der Waals surface area (Å²) in [4.78, 5) is 72.9. The molecule has 0 saturated heterocycles. The van der Waals surface area contributed by atoms with Crippen LogP contribution in [0.25, 0.3) is 0 Å². The van der Waals surface area contributed by atoms with Gasteiger partial charge in [0.2, 0.25) is 0 Å². The van der Waals surface area contributed by atoms with Gasteiger partial charge in [-0.15, -0.1) is 0 Å². The number of hydrogen-bond donors (Lipinski definition) is 3. The summed E-state index contributed by atoms with van der Waals surface area (Å²) in [5.41, 5.74) is 0. The normalized spacial score (nSPS) is 14.6. The van der Waals surface area contributed by atoms with Crippen LogP contribution in [-0.2, 0) is 65.4 Å². The molecule has 0 spiro atoms. The van der Waals surface area contributed by atoms with Gasteiger partial charge >= 0.3 is 39.5 Å². The lowest BCUT2D eigenvalue weighted by atomic mass is 9.99. The van der Waals surface area contributed by atoms with Crippen molar-refractivity contribution in [1.82, 2.24) is 0 Å². The van der Waals surface area contributed by atoms with E-state index in [0.717, 1.165) is 114 Å². The molecule has 0 heterocycles. The largest absolute Gasteiger partial charge is 0.472 e. The van der Waals surface area contributed by atoms with E-state index in [-0.39, 0.29) is 25.7 Å². The number of aliphatic hydroxyl groups excluding tert-OH is 1. The van der Waals surface area contributed by atoms with E-state index in [9.17, 15) is 43.2 Å². The summed E-state index contributed by atoms with van der Waals surface area (Å²) in [6, 6.07) is 0. The van der Waals surface area contributed by atoms with Crippen LogP contribution >= 0.6 is 15.6 Å². The first-order valence-electron chi connectivity index (χ1n) is 40.8. The van der Waals surface area contributed by atoms with Crippen molar-refractivity contribution in [3.05, 3.63) is 0 Å². The van der Waals surface area contributed by atoms with Crippen LogP contribution in [0.15, 0.2) is 0 Å². The number of ether oxygens (including phenoxy) is 4. The zero-order valence-corrected chi connectivity index (χ0v) is 66.2. The molecule has 582 valence electrons. The number of rotatable bonds is 76. The van der Waals surface area contributed by atoms with E-state index in [1.807, 2.05) is 0 Å². The molecule has 0 rings (SSSR count). The van der Waals surface area contributed by atoms with E-state index < -0.39 is 97.5 Å². The van der Waals surface area contributed by atoms with Crippen LogP contribution < -0.4 is 0 Å². The summed E-state index contributed by atoms with van der Waals surface area (Å²) in [5.74, 6) is 0.993. The number of phosphoric acid groups is 2. The van der Waals surface area contributed by atoms with E-state index >= 15 is 0 Å². The maximum absolute atomic E-state index is 13.1. The van der Waals surface area contributed by atoms with Gasteiger partial charge in [0.25, 0.3) is 0 Å². The van der Waals surface area contributed by atoms with Gasteiger partial charge in [-0.25, -0.2) is 9.13 Å². The Bertz CT molecular complexity index is 1920. The average molecular weight is 1440 g/mol. The van der Waals surface area contributed by atoms with Gasteiger partial charge in [-0.3, -0.25) is 37.3 Å². The van der Waals surface area contributed by atoms with Crippen LogP contribution in [0.2, 0.25) is 0 Å². The van der Waals surface area contributed by atoms with Gasteiger partial charge in [0.1, 0.15) is 19.3 Å². The number of phosphoric ester groups is 2. The SMILES string of the molecule is CCC(C)CCCCCCCCCCCCCCCCC(=O)O[C@H](COC(=O)CCCCCCCCCCC(C)CC)COP(=O)(O)OCC(O)COP(=O)(O)OC[C@@H](COC(=O)CCCCCCCCC(C)C)OC(=O)CCCCCCCCCCCCCCCCCCC(C)C. The summed E-state index contributed by atoms with van der Waals surface area (Å²) in [7, 11) is -9.92. The molecular weight excluding hydrogens is 1280 g/mol. The third kappa shape index (κ3) is 69.8. The lowest BCUT2D eigenvalue weighted by Crippen LogP contribution is -2.30. The Morgan fingerprint density at radius 1 is 0.286 bits per heavy atom. The minimum atomic E-state index is -4.96. The Hall–Kier alpha value is -1.94. The number of esters is 4. The van der Waals surface area contributed by atoms with Crippen LogP contribution in [0.5, 0.6) is 0 Å². The van der Waals surface area contributed by atoms with Crippen molar-refractivity contribution in [1.29, 1.82) is 0 Å². The summed E-state index contributed by atoms with van der Waals surface area (Å²) in [6.07, 6.45) is 54.2. The smallest absolute Gasteiger partial charge is 0.462 e. The first kappa shape index (κ1) is 96.1. The van der Waals surface area contributed by atoms with E-state index in [0.29, 0.717) is 31.6 Å². The molecule has 0 fully saturated rings. The fourth-order valence-corrected chi connectivity index (χ4v) is 13.6. The van der Waals surface area contributed by atoms with Gasteiger partial charge in [0.15, 0.2) is 12.2 Å². The molecule has 0 radical (unpaired) electrons. The zero-order chi connectivity index (χ0) is 72.4. The number of hydrogen-bond acceptors (Lipinski definition) is 15. The molecular formula is C79H154O17P2. The fourth-order valence-electron chi connectivity index (χ4n) is 12.0. The monoisotopic (exact) mass is 1440 g/mol. The van der Waals surface area contributed by atoms with Crippen LogP contribution in [0, 0.1) is 23.7 Å². The molecule has 19 heteroatoms. The van der Waals surface area contributed by atoms with Gasteiger partial charge in [-0.1, -0.05) is 351 Å². The second-order valence-corrected chi connectivity index (χ2v) is 32.8. The van der Waals surface area contributed by atoms with E-state index in [4.69, 9.17) is 37.0 Å². The molecule has 5 unspecified atom stereocenters. The molecule has 0 aromatic carbocycles. The second kappa shape index (κ2) is 68.2. The standard InChI is InChI=1S/C79H154O17P2/c1-9-71(7)57-49-41-32-26-22-18-15-16-20-24-28-36-46-54-61-78(83)95-74(65-89-76(81)59-51-43-34-30-29-33-42-50-58-72(8)10-2)67-93-97(85,86)91-63-73(80)64-92-98(87,88)94-68-75(66-90-77(82)60-52-44-38-37-40-48-56-70(5)6)96-79(84)62-53-45-35-27-23-19-14-12-11-13-17-21-25-31-39-47-55-69(3)4/h69-75,80H,9-68H2,1-8H3,(H,85,86)(H,87,88)/t71?,72?,73?,74-,75-/m1/s1. The first-order valence-corrected chi connectivity index (χ1v) is 43.8. The molecule has 0 amide bonds. The Kier molecular flexibility index (Phi) is 66.8. The zero-order valence-electron chi connectivity index (χ0n) is 64.4. The molecule has 0 aromatic rings. The minimum Gasteiger partial charge on any atom is -0.462 e. The quantitative estimate of drug-likeness (QED) is 0.0222. The van der Waals surface area contributed by atoms with Gasteiger partial charge < -0.3 is 33.8 Å². The minimum absolute atomic E-state index is 0.106. The van der Waals surface area contributed by atoms with Gasteiger partial charge in [-0.2, -0.15) is 0 Å². The lowest BCUT2D eigenvalue weighted by Gasteiger charge is -2.21. The number of carbonyl (C=O) groups is 4. The molecule has 0 aromatic heterocycles. The summed E-state index contributed by atoms with van der Waals surface area (Å²) >= 11 is 0. The Labute approximate surface area is 600 Å². The Morgan fingerprint density at radius 3 is 0.724 bits per heavy atom. The molecule has 0 bridgehead atoms.